The van der Waals surface area contributed by atoms with E-state index >= 15 is 0 Å². The second-order valence-corrected chi connectivity index (χ2v) is 4.44. The quantitative estimate of drug-likeness (QED) is 0.406. The minimum atomic E-state index is -0.0879. The van der Waals surface area contributed by atoms with Gasteiger partial charge in [0.15, 0.2) is 0 Å². The second-order valence-electron chi connectivity index (χ2n) is 4.44. The molecule has 0 spiro atoms. The molecule has 0 atom stereocenters. The molecule has 0 saturated carbocycles. The van der Waals surface area contributed by atoms with Gasteiger partial charge in [0.1, 0.15) is 7.85 Å². The fourth-order valence-electron chi connectivity index (χ4n) is 1.81. The summed E-state index contributed by atoms with van der Waals surface area (Å²) in [7, 11) is 5.84. The maximum Gasteiger partial charge on any atom is 0.305 e. The molecule has 0 aliphatic heterocycles. The molecule has 0 saturated heterocycles. The zero-order valence-corrected chi connectivity index (χ0v) is 11.6. The van der Waals surface area contributed by atoms with Gasteiger partial charge in [0.25, 0.3) is 0 Å². The van der Waals surface area contributed by atoms with E-state index in [2.05, 4.69) is 12.2 Å². The van der Waals surface area contributed by atoms with Gasteiger partial charge < -0.3 is 4.74 Å². The lowest BCUT2D eigenvalue weighted by Crippen LogP contribution is -2.04. The fraction of sp³-hybridized carbons (Fsp3) is 0.438. The number of unbranched alkanes of at least 4 members (excludes halogenated alkanes) is 3. The largest absolute Gasteiger partial charge is 0.466 e. The lowest BCUT2D eigenvalue weighted by atomic mass is 9.90. The minimum Gasteiger partial charge on any atom is -0.466 e. The van der Waals surface area contributed by atoms with Crippen molar-refractivity contribution in [2.45, 2.75) is 39.0 Å². The average Bonchev–Trinajstić information content (AvgIpc) is 2.40. The van der Waals surface area contributed by atoms with Gasteiger partial charge in [0.2, 0.25) is 0 Å². The van der Waals surface area contributed by atoms with Crippen LogP contribution in [0.25, 0.3) is 6.08 Å². The van der Waals surface area contributed by atoms with Crippen molar-refractivity contribution < 1.29 is 9.53 Å². The third-order valence-corrected chi connectivity index (χ3v) is 2.85. The molecule has 0 heterocycles. The van der Waals surface area contributed by atoms with Crippen LogP contribution in [0.5, 0.6) is 0 Å². The van der Waals surface area contributed by atoms with Crippen molar-refractivity contribution in [3.63, 3.8) is 0 Å². The van der Waals surface area contributed by atoms with Crippen molar-refractivity contribution in [2.75, 3.05) is 6.61 Å². The molecule has 0 aromatic heterocycles. The van der Waals surface area contributed by atoms with Crippen LogP contribution in [0.2, 0.25) is 0 Å². The Labute approximate surface area is 117 Å². The summed E-state index contributed by atoms with van der Waals surface area (Å²) in [5.74, 6) is -0.0879. The van der Waals surface area contributed by atoms with E-state index in [0.717, 1.165) is 36.7 Å². The summed E-state index contributed by atoms with van der Waals surface area (Å²) in [6, 6.07) is 7.82. The first-order chi connectivity index (χ1) is 9.24. The summed E-state index contributed by atoms with van der Waals surface area (Å²) in [5.41, 5.74) is 1.87. The Balaban J connectivity index is 2.11. The Morgan fingerprint density at radius 2 is 2.05 bits per heavy atom. The van der Waals surface area contributed by atoms with Crippen LogP contribution >= 0.6 is 0 Å². The van der Waals surface area contributed by atoms with E-state index in [9.17, 15) is 4.79 Å². The van der Waals surface area contributed by atoms with Crippen LogP contribution in [0.15, 0.2) is 30.3 Å². The van der Waals surface area contributed by atoms with Crippen LogP contribution in [-0.2, 0) is 9.53 Å². The van der Waals surface area contributed by atoms with E-state index in [1.165, 1.54) is 0 Å². The number of hydrogen-bond donors (Lipinski definition) is 0. The van der Waals surface area contributed by atoms with E-state index in [0.29, 0.717) is 13.0 Å². The molecular formula is C16H21BO2. The molecule has 0 aliphatic rings. The van der Waals surface area contributed by atoms with Crippen LogP contribution < -0.4 is 5.46 Å². The van der Waals surface area contributed by atoms with Crippen LogP contribution in [0, 0.1) is 0 Å². The Morgan fingerprint density at radius 1 is 1.26 bits per heavy atom. The van der Waals surface area contributed by atoms with Crippen molar-refractivity contribution in [1.82, 2.24) is 0 Å². The molecule has 19 heavy (non-hydrogen) atoms. The molecule has 0 fully saturated rings. The third-order valence-electron chi connectivity index (χ3n) is 2.85. The SMILES string of the molecule is [B]c1ccccc1/C=C/CCCCCC(=O)OCC. The number of esters is 1. The predicted molar refractivity (Wildman–Crippen MR) is 80.6 cm³/mol. The molecular weight excluding hydrogens is 235 g/mol. The molecule has 0 aliphatic carbocycles. The molecule has 2 nitrogen and oxygen atoms in total. The van der Waals surface area contributed by atoms with E-state index in [1.807, 2.05) is 31.2 Å². The van der Waals surface area contributed by atoms with E-state index < -0.39 is 0 Å². The standard InChI is InChI=1S/C16H21BO2/c1-2-19-16(18)13-7-5-3-4-6-10-14-11-8-9-12-15(14)17/h6,8-12H,2-5,7,13H2,1H3/b10-6+. The lowest BCUT2D eigenvalue weighted by Gasteiger charge is -2.01. The number of carbonyl (C=O) groups excluding carboxylic acids is 1. The molecule has 0 unspecified atom stereocenters. The van der Waals surface area contributed by atoms with Gasteiger partial charge in [-0.2, -0.15) is 0 Å². The predicted octanol–water partition coefficient (Wildman–Crippen LogP) is 3.01. The van der Waals surface area contributed by atoms with Gasteiger partial charge in [-0.05, 0) is 31.7 Å². The number of hydrogen-bond acceptors (Lipinski definition) is 2. The smallest absolute Gasteiger partial charge is 0.305 e. The average molecular weight is 256 g/mol. The minimum absolute atomic E-state index is 0.0879. The van der Waals surface area contributed by atoms with E-state index in [-0.39, 0.29) is 5.97 Å². The second kappa shape index (κ2) is 9.43. The van der Waals surface area contributed by atoms with E-state index in [1.54, 1.807) is 0 Å². The fourth-order valence-corrected chi connectivity index (χ4v) is 1.81. The highest BCUT2D eigenvalue weighted by Gasteiger charge is 1.99. The van der Waals surface area contributed by atoms with Crippen molar-refractivity contribution in [2.24, 2.45) is 0 Å². The van der Waals surface area contributed by atoms with Gasteiger partial charge >= 0.3 is 5.97 Å². The topological polar surface area (TPSA) is 26.3 Å². The first-order valence-corrected chi connectivity index (χ1v) is 6.90. The first-order valence-electron chi connectivity index (χ1n) is 6.90. The van der Waals surface area contributed by atoms with Gasteiger partial charge in [0, 0.05) is 6.42 Å². The Hall–Kier alpha value is -1.51. The van der Waals surface area contributed by atoms with Crippen molar-refractivity contribution >= 4 is 25.4 Å². The Bertz CT molecular complexity index is 413. The van der Waals surface area contributed by atoms with Gasteiger partial charge in [-0.25, -0.2) is 0 Å². The molecule has 100 valence electrons. The molecule has 0 bridgehead atoms. The highest BCUT2D eigenvalue weighted by molar-refractivity contribution is 6.34. The maximum absolute atomic E-state index is 11.1. The molecule has 1 aromatic rings. The summed E-state index contributed by atoms with van der Waals surface area (Å²) >= 11 is 0. The lowest BCUT2D eigenvalue weighted by molar-refractivity contribution is -0.143. The summed E-state index contributed by atoms with van der Waals surface area (Å²) in [4.78, 5) is 11.1. The molecule has 1 aromatic carbocycles. The molecule has 0 N–H and O–H groups in total. The zero-order chi connectivity index (χ0) is 13.9. The van der Waals surface area contributed by atoms with Crippen LogP contribution in [0.1, 0.15) is 44.6 Å². The van der Waals surface area contributed by atoms with Gasteiger partial charge in [0.05, 0.1) is 6.61 Å². The van der Waals surface area contributed by atoms with Crippen molar-refractivity contribution in [1.29, 1.82) is 0 Å². The van der Waals surface area contributed by atoms with E-state index in [4.69, 9.17) is 12.6 Å². The first kappa shape index (κ1) is 15.6. The summed E-state index contributed by atoms with van der Waals surface area (Å²) in [5, 5.41) is 0. The highest BCUT2D eigenvalue weighted by Crippen LogP contribution is 2.06. The number of ether oxygens (including phenoxy) is 1. The third kappa shape index (κ3) is 6.85. The Kier molecular flexibility index (Phi) is 7.72. The number of benzene rings is 1. The van der Waals surface area contributed by atoms with Crippen molar-refractivity contribution in [3.8, 4) is 0 Å². The number of rotatable bonds is 8. The maximum atomic E-state index is 11.1. The normalized spacial score (nSPS) is 10.8. The van der Waals surface area contributed by atoms with Gasteiger partial charge in [-0.1, -0.05) is 48.3 Å². The molecule has 3 heteroatoms. The van der Waals surface area contributed by atoms with Gasteiger partial charge in [-0.15, -0.1) is 0 Å². The molecule has 2 radical (unpaired) electrons. The van der Waals surface area contributed by atoms with Crippen LogP contribution in [0.3, 0.4) is 0 Å². The summed E-state index contributed by atoms with van der Waals surface area (Å²) in [6.45, 7) is 2.30. The monoisotopic (exact) mass is 256 g/mol. The summed E-state index contributed by atoms with van der Waals surface area (Å²) in [6.07, 6.45) is 8.77. The molecule has 1 rings (SSSR count). The molecule has 0 amide bonds. The summed E-state index contributed by atoms with van der Waals surface area (Å²) < 4.78 is 4.87. The Morgan fingerprint density at radius 3 is 2.79 bits per heavy atom. The van der Waals surface area contributed by atoms with Crippen LogP contribution in [0.4, 0.5) is 0 Å². The number of allylic oxidation sites excluding steroid dienone is 1. The van der Waals surface area contributed by atoms with Gasteiger partial charge in [-0.3, -0.25) is 4.79 Å². The zero-order valence-electron chi connectivity index (χ0n) is 11.6. The highest BCUT2D eigenvalue weighted by atomic mass is 16.5. The van der Waals surface area contributed by atoms with Crippen molar-refractivity contribution in [3.05, 3.63) is 35.9 Å². The van der Waals surface area contributed by atoms with Crippen LogP contribution in [-0.4, -0.2) is 20.4 Å². The number of carbonyl (C=O) groups is 1.